The van der Waals surface area contributed by atoms with E-state index in [1.807, 2.05) is 69.3 Å². The standard InChI is InChI=1S/C39H47NO6S/c1-39(2,3)46-38(41)40-21-19-32(28-15-17-30(18-16-28)44-22-20-31(47)23-27-11-7-6-8-12-27)36(25-40)45-26-29-24-35(42-4)33-13-9-10-14-34(33)37(29)43-5/h6-18,24,31-32,36,47H,19-23,25-26H2,1-5H3. The molecule has 3 unspecified atom stereocenters. The van der Waals surface area contributed by atoms with Gasteiger partial charge in [-0.2, -0.15) is 12.6 Å². The first-order valence-electron chi connectivity index (χ1n) is 16.3. The molecule has 0 radical (unpaired) electrons. The molecule has 8 heteroatoms. The van der Waals surface area contributed by atoms with Crippen LogP contribution in [-0.2, 0) is 22.5 Å². The molecule has 4 aromatic carbocycles. The molecule has 1 aliphatic rings. The number of rotatable bonds is 12. The molecule has 0 N–H and O–H groups in total. The number of fused-ring (bicyclic) bond motifs is 1. The van der Waals surface area contributed by atoms with Crippen molar-refractivity contribution < 1.29 is 28.5 Å². The summed E-state index contributed by atoms with van der Waals surface area (Å²) >= 11 is 4.77. The van der Waals surface area contributed by atoms with Gasteiger partial charge in [-0.05, 0) is 69.4 Å². The molecule has 0 saturated carbocycles. The van der Waals surface area contributed by atoms with Crippen LogP contribution in [0.5, 0.6) is 17.2 Å². The minimum Gasteiger partial charge on any atom is -0.496 e. The van der Waals surface area contributed by atoms with Crippen LogP contribution in [0.4, 0.5) is 4.79 Å². The van der Waals surface area contributed by atoms with Gasteiger partial charge in [-0.3, -0.25) is 0 Å². The van der Waals surface area contributed by atoms with E-state index in [1.165, 1.54) is 5.56 Å². The number of thiol groups is 1. The molecule has 250 valence electrons. The molecule has 1 amide bonds. The Balaban J connectivity index is 1.29. The van der Waals surface area contributed by atoms with E-state index in [0.717, 1.165) is 58.4 Å². The van der Waals surface area contributed by atoms with Gasteiger partial charge in [-0.15, -0.1) is 0 Å². The minimum atomic E-state index is -0.580. The van der Waals surface area contributed by atoms with Gasteiger partial charge in [0.2, 0.25) is 0 Å². The van der Waals surface area contributed by atoms with E-state index in [2.05, 4.69) is 36.4 Å². The molecular formula is C39H47NO6S. The third kappa shape index (κ3) is 9.14. The lowest BCUT2D eigenvalue weighted by atomic mass is 9.87. The van der Waals surface area contributed by atoms with Crippen LogP contribution >= 0.6 is 12.6 Å². The van der Waals surface area contributed by atoms with E-state index >= 15 is 0 Å². The molecule has 0 bridgehead atoms. The summed E-state index contributed by atoms with van der Waals surface area (Å²) in [6.07, 6.45) is 1.90. The Morgan fingerprint density at radius 2 is 1.64 bits per heavy atom. The summed E-state index contributed by atoms with van der Waals surface area (Å²) in [5, 5.41) is 2.17. The number of piperidine rings is 1. The Hall–Kier alpha value is -3.88. The zero-order valence-corrected chi connectivity index (χ0v) is 29.0. The van der Waals surface area contributed by atoms with Gasteiger partial charge in [0.15, 0.2) is 0 Å². The van der Waals surface area contributed by atoms with Crippen LogP contribution in [0.1, 0.15) is 56.2 Å². The molecule has 47 heavy (non-hydrogen) atoms. The van der Waals surface area contributed by atoms with Crippen molar-refractivity contribution in [2.75, 3.05) is 33.9 Å². The highest BCUT2D eigenvalue weighted by Gasteiger charge is 2.35. The number of nitrogens with zero attached hydrogens (tertiary/aromatic N) is 1. The second-order valence-corrected chi connectivity index (χ2v) is 13.8. The number of ether oxygens (including phenoxy) is 5. The van der Waals surface area contributed by atoms with E-state index < -0.39 is 5.60 Å². The Kier molecular flexibility index (Phi) is 11.6. The highest BCUT2D eigenvalue weighted by Crippen LogP contribution is 2.38. The maximum absolute atomic E-state index is 13.1. The smallest absolute Gasteiger partial charge is 0.410 e. The summed E-state index contributed by atoms with van der Waals surface area (Å²) in [4.78, 5) is 14.8. The first-order valence-corrected chi connectivity index (χ1v) is 16.8. The lowest BCUT2D eigenvalue weighted by molar-refractivity contribution is -0.0363. The lowest BCUT2D eigenvalue weighted by Crippen LogP contribution is -2.48. The number of carbonyl (C=O) groups is 1. The van der Waals surface area contributed by atoms with Gasteiger partial charge in [0.25, 0.3) is 0 Å². The molecule has 0 aromatic heterocycles. The Morgan fingerprint density at radius 1 is 0.936 bits per heavy atom. The van der Waals surface area contributed by atoms with Crippen molar-refractivity contribution in [3.05, 3.63) is 102 Å². The first-order chi connectivity index (χ1) is 22.6. The Bertz CT molecular complexity index is 1600. The molecular weight excluding hydrogens is 610 g/mol. The second kappa shape index (κ2) is 15.8. The molecule has 0 aliphatic carbocycles. The van der Waals surface area contributed by atoms with E-state index in [9.17, 15) is 4.79 Å². The van der Waals surface area contributed by atoms with Gasteiger partial charge in [0.1, 0.15) is 22.8 Å². The summed E-state index contributed by atoms with van der Waals surface area (Å²) in [5.41, 5.74) is 2.73. The highest BCUT2D eigenvalue weighted by molar-refractivity contribution is 7.80. The normalized spacial score (nSPS) is 17.3. The number of methoxy groups -OCH3 is 2. The maximum atomic E-state index is 13.1. The topological polar surface area (TPSA) is 66.5 Å². The van der Waals surface area contributed by atoms with Crippen LogP contribution in [0.2, 0.25) is 0 Å². The molecule has 1 saturated heterocycles. The van der Waals surface area contributed by atoms with Gasteiger partial charge in [-0.25, -0.2) is 4.79 Å². The van der Waals surface area contributed by atoms with Crippen LogP contribution in [0.3, 0.4) is 0 Å². The van der Waals surface area contributed by atoms with Crippen molar-refractivity contribution in [2.45, 2.75) is 69.5 Å². The summed E-state index contributed by atoms with van der Waals surface area (Å²) in [7, 11) is 3.35. The van der Waals surface area contributed by atoms with E-state index in [0.29, 0.717) is 26.3 Å². The van der Waals surface area contributed by atoms with Crippen LogP contribution in [-0.4, -0.2) is 61.9 Å². The van der Waals surface area contributed by atoms with Crippen molar-refractivity contribution in [1.82, 2.24) is 4.90 Å². The highest BCUT2D eigenvalue weighted by atomic mass is 32.1. The van der Waals surface area contributed by atoms with Gasteiger partial charge < -0.3 is 28.6 Å². The fourth-order valence-corrected chi connectivity index (χ4v) is 6.47. The van der Waals surface area contributed by atoms with Gasteiger partial charge in [0.05, 0.1) is 40.1 Å². The third-order valence-electron chi connectivity index (χ3n) is 8.46. The largest absolute Gasteiger partial charge is 0.496 e. The van der Waals surface area contributed by atoms with Crippen molar-refractivity contribution in [3.8, 4) is 17.2 Å². The number of benzene rings is 4. The zero-order valence-electron chi connectivity index (χ0n) is 28.1. The summed E-state index contributed by atoms with van der Waals surface area (Å²) < 4.78 is 30.1. The predicted molar refractivity (Wildman–Crippen MR) is 190 cm³/mol. The van der Waals surface area contributed by atoms with Crippen molar-refractivity contribution in [1.29, 1.82) is 0 Å². The number of carbonyl (C=O) groups excluding carboxylic acids is 1. The molecule has 4 aromatic rings. The van der Waals surface area contributed by atoms with Crippen molar-refractivity contribution in [3.63, 3.8) is 0 Å². The average Bonchev–Trinajstić information content (AvgIpc) is 3.06. The molecule has 1 heterocycles. The molecule has 5 rings (SSSR count). The van der Waals surface area contributed by atoms with E-state index in [4.69, 9.17) is 36.3 Å². The van der Waals surface area contributed by atoms with Crippen LogP contribution in [0.15, 0.2) is 84.9 Å². The molecule has 7 nitrogen and oxygen atoms in total. The SMILES string of the molecule is COc1cc(COC2CN(C(=O)OC(C)(C)C)CCC2c2ccc(OCCC(S)Cc3ccccc3)cc2)c(OC)c2ccccc12. The van der Waals surface area contributed by atoms with Crippen LogP contribution in [0, 0.1) is 0 Å². The average molecular weight is 658 g/mol. The van der Waals surface area contributed by atoms with Crippen LogP contribution in [0.25, 0.3) is 10.8 Å². The predicted octanol–water partition coefficient (Wildman–Crippen LogP) is 8.48. The quantitative estimate of drug-likeness (QED) is 0.154. The molecule has 1 aliphatic heterocycles. The summed E-state index contributed by atoms with van der Waals surface area (Å²) in [6, 6.07) is 28.7. The Morgan fingerprint density at radius 3 is 2.32 bits per heavy atom. The Labute approximate surface area is 284 Å². The van der Waals surface area contributed by atoms with Crippen LogP contribution < -0.4 is 14.2 Å². The lowest BCUT2D eigenvalue weighted by Gasteiger charge is -2.39. The zero-order chi connectivity index (χ0) is 33.4. The first kappa shape index (κ1) is 34.5. The van der Waals surface area contributed by atoms with E-state index in [1.54, 1.807) is 19.1 Å². The minimum absolute atomic E-state index is 0.0729. The van der Waals surface area contributed by atoms with Gasteiger partial charge >= 0.3 is 6.09 Å². The monoisotopic (exact) mass is 657 g/mol. The van der Waals surface area contributed by atoms with Gasteiger partial charge in [0, 0.05) is 34.0 Å². The number of hydrogen-bond acceptors (Lipinski definition) is 7. The summed E-state index contributed by atoms with van der Waals surface area (Å²) in [5.74, 6) is 2.41. The number of hydrogen-bond donors (Lipinski definition) is 1. The number of amides is 1. The second-order valence-electron chi connectivity index (χ2n) is 13.0. The molecule has 0 spiro atoms. The maximum Gasteiger partial charge on any atom is 0.410 e. The number of likely N-dealkylation sites (tertiary alicyclic amines) is 1. The van der Waals surface area contributed by atoms with E-state index in [-0.39, 0.29) is 23.4 Å². The molecule has 1 fully saturated rings. The fourth-order valence-electron chi connectivity index (χ4n) is 6.16. The van der Waals surface area contributed by atoms with Gasteiger partial charge in [-0.1, -0.05) is 66.7 Å². The fraction of sp³-hybridized carbons (Fsp3) is 0.410. The summed E-state index contributed by atoms with van der Waals surface area (Å²) in [6.45, 7) is 7.53. The molecule has 3 atom stereocenters. The van der Waals surface area contributed by atoms with Crippen molar-refractivity contribution in [2.24, 2.45) is 0 Å². The van der Waals surface area contributed by atoms with Crippen molar-refractivity contribution >= 4 is 29.5 Å². The third-order valence-corrected chi connectivity index (χ3v) is 8.90.